The molecule has 6 nitrogen and oxygen atoms in total. The zero-order chi connectivity index (χ0) is 29.1. The first-order valence-corrected chi connectivity index (χ1v) is 12.8. The van der Waals surface area contributed by atoms with E-state index >= 15 is 0 Å². The van der Waals surface area contributed by atoms with Gasteiger partial charge in [0, 0.05) is 12.1 Å². The van der Waals surface area contributed by atoms with Gasteiger partial charge in [0.1, 0.15) is 16.4 Å². The van der Waals surface area contributed by atoms with Crippen LogP contribution in [0.15, 0.2) is 101 Å². The Morgan fingerprint density at radius 1 is 0.775 bits per heavy atom. The van der Waals surface area contributed by atoms with Crippen molar-refractivity contribution in [3.8, 4) is 5.75 Å². The number of alkyl halides is 6. The van der Waals surface area contributed by atoms with Gasteiger partial charge < -0.3 is 13.5 Å². The first-order valence-electron chi connectivity index (χ1n) is 11.4. The molecule has 0 aliphatic heterocycles. The molecule has 1 heterocycles. The number of nitrogens with zero attached hydrogens (tertiary/aromatic N) is 1. The van der Waals surface area contributed by atoms with Crippen LogP contribution in [0, 0.1) is 0 Å². The Morgan fingerprint density at radius 2 is 1.43 bits per heavy atom. The van der Waals surface area contributed by atoms with Gasteiger partial charge in [-0.2, -0.15) is 34.8 Å². The molecule has 0 fully saturated rings. The summed E-state index contributed by atoms with van der Waals surface area (Å²) in [5.41, 5.74) is -2.09. The van der Waals surface area contributed by atoms with Crippen LogP contribution in [0.1, 0.15) is 32.8 Å². The molecule has 3 aromatic carbocycles. The summed E-state index contributed by atoms with van der Waals surface area (Å²) in [5.74, 6) is -0.676. The molecule has 0 aliphatic rings. The number of benzene rings is 3. The van der Waals surface area contributed by atoms with E-state index in [9.17, 15) is 39.6 Å². The lowest BCUT2D eigenvalue weighted by Crippen LogP contribution is -2.30. The molecule has 0 spiro atoms. The van der Waals surface area contributed by atoms with Crippen LogP contribution in [0.25, 0.3) is 0 Å². The third kappa shape index (κ3) is 7.03. The van der Waals surface area contributed by atoms with Gasteiger partial charge in [-0.3, -0.25) is 4.79 Å². The Kier molecular flexibility index (Phi) is 7.96. The van der Waals surface area contributed by atoms with E-state index in [1.165, 1.54) is 41.5 Å². The highest BCUT2D eigenvalue weighted by Crippen LogP contribution is 2.32. The van der Waals surface area contributed by atoms with Gasteiger partial charge in [0.2, 0.25) is 0 Å². The summed E-state index contributed by atoms with van der Waals surface area (Å²) in [6, 6.07) is 15.5. The number of halogens is 6. The average molecular weight is 584 g/mol. The molecule has 0 bridgehead atoms. The van der Waals surface area contributed by atoms with Gasteiger partial charge in [0.25, 0.3) is 5.91 Å². The fraction of sp³-hybridized carbons (Fsp3) is 0.148. The third-order valence-corrected chi connectivity index (χ3v) is 6.82. The van der Waals surface area contributed by atoms with Crippen LogP contribution in [-0.4, -0.2) is 19.2 Å². The van der Waals surface area contributed by atoms with Crippen LogP contribution >= 0.6 is 0 Å². The molecule has 0 aliphatic carbocycles. The fourth-order valence-corrected chi connectivity index (χ4v) is 4.69. The minimum absolute atomic E-state index is 0.129. The SMILES string of the molecule is O=C(c1cccc(C(F)(F)F)c1)N(Cc1cccc(OS(=O)(=O)c2cccc(C(F)(F)F)c2)c1)Cc1ccco1. The molecule has 13 heteroatoms. The second-order valence-electron chi connectivity index (χ2n) is 8.53. The molecule has 0 saturated heterocycles. The first-order chi connectivity index (χ1) is 18.7. The van der Waals surface area contributed by atoms with Crippen LogP contribution in [0.4, 0.5) is 26.3 Å². The van der Waals surface area contributed by atoms with E-state index in [4.69, 9.17) is 8.60 Å². The highest BCUT2D eigenvalue weighted by molar-refractivity contribution is 7.87. The van der Waals surface area contributed by atoms with Crippen molar-refractivity contribution in [2.75, 3.05) is 0 Å². The van der Waals surface area contributed by atoms with E-state index in [2.05, 4.69) is 0 Å². The zero-order valence-corrected chi connectivity index (χ0v) is 21.1. The summed E-state index contributed by atoms with van der Waals surface area (Å²) in [5, 5.41) is 0. The van der Waals surface area contributed by atoms with Gasteiger partial charge in [-0.05, 0) is 66.2 Å². The summed E-state index contributed by atoms with van der Waals surface area (Å²) < 4.78 is 114. The lowest BCUT2D eigenvalue weighted by Gasteiger charge is -2.23. The lowest BCUT2D eigenvalue weighted by atomic mass is 10.1. The number of hydrogen-bond acceptors (Lipinski definition) is 5. The molecule has 210 valence electrons. The van der Waals surface area contributed by atoms with Crippen LogP contribution in [0.3, 0.4) is 0 Å². The van der Waals surface area contributed by atoms with Gasteiger partial charge in [0.15, 0.2) is 0 Å². The van der Waals surface area contributed by atoms with Gasteiger partial charge >= 0.3 is 22.5 Å². The summed E-state index contributed by atoms with van der Waals surface area (Å²) in [6.07, 6.45) is -8.08. The Labute approximate surface area is 224 Å². The normalized spacial score (nSPS) is 12.2. The maximum atomic E-state index is 13.3. The van der Waals surface area contributed by atoms with E-state index in [1.807, 2.05) is 0 Å². The van der Waals surface area contributed by atoms with Crippen molar-refractivity contribution in [2.24, 2.45) is 0 Å². The van der Waals surface area contributed by atoms with E-state index in [1.54, 1.807) is 12.1 Å². The van der Waals surface area contributed by atoms with Crippen molar-refractivity contribution in [1.29, 1.82) is 0 Å². The maximum absolute atomic E-state index is 13.3. The number of amides is 1. The minimum atomic E-state index is -4.77. The van der Waals surface area contributed by atoms with Crippen LogP contribution in [0.5, 0.6) is 5.75 Å². The second kappa shape index (κ2) is 11.1. The lowest BCUT2D eigenvalue weighted by molar-refractivity contribution is -0.138. The maximum Gasteiger partial charge on any atom is 0.416 e. The van der Waals surface area contributed by atoms with E-state index in [0.29, 0.717) is 23.5 Å². The molecule has 1 amide bonds. The van der Waals surface area contributed by atoms with E-state index in [0.717, 1.165) is 30.3 Å². The number of hydrogen-bond donors (Lipinski definition) is 0. The number of furan rings is 1. The average Bonchev–Trinajstić information content (AvgIpc) is 3.40. The Hall–Kier alpha value is -4.26. The van der Waals surface area contributed by atoms with Crippen molar-refractivity contribution in [1.82, 2.24) is 4.90 Å². The zero-order valence-electron chi connectivity index (χ0n) is 20.2. The first kappa shape index (κ1) is 28.7. The van der Waals surface area contributed by atoms with Crippen molar-refractivity contribution >= 4 is 16.0 Å². The van der Waals surface area contributed by atoms with Crippen molar-refractivity contribution < 1.29 is 48.2 Å². The van der Waals surface area contributed by atoms with Crippen molar-refractivity contribution in [3.05, 3.63) is 119 Å². The predicted molar refractivity (Wildman–Crippen MR) is 129 cm³/mol. The van der Waals surface area contributed by atoms with Crippen molar-refractivity contribution in [3.63, 3.8) is 0 Å². The number of carbonyl (C=O) groups excluding carboxylic acids is 1. The molecule has 0 saturated carbocycles. The number of carbonyl (C=O) groups is 1. The van der Waals surface area contributed by atoms with E-state index in [-0.39, 0.29) is 24.4 Å². The predicted octanol–water partition coefficient (Wildman–Crippen LogP) is 6.93. The molecule has 0 N–H and O–H groups in total. The van der Waals surface area contributed by atoms with Crippen molar-refractivity contribution in [2.45, 2.75) is 30.3 Å². The Morgan fingerprint density at radius 3 is 2.08 bits per heavy atom. The highest BCUT2D eigenvalue weighted by Gasteiger charge is 2.33. The van der Waals surface area contributed by atoms with Gasteiger partial charge in [-0.25, -0.2) is 0 Å². The molecule has 0 unspecified atom stereocenters. The van der Waals surface area contributed by atoms with E-state index < -0.39 is 44.4 Å². The summed E-state index contributed by atoms with van der Waals surface area (Å²) in [6.45, 7) is -0.327. The molecule has 4 aromatic rings. The standard InChI is InChI=1S/C27H19F6NO5S/c28-26(29,30)20-7-2-6-19(14-20)25(35)34(17-23-10-4-12-38-23)16-18-5-1-9-22(13-18)39-40(36,37)24-11-3-8-21(15-24)27(31,32)33/h1-15H,16-17H2. The minimum Gasteiger partial charge on any atom is -0.467 e. The van der Waals surface area contributed by atoms with Crippen LogP contribution < -0.4 is 4.18 Å². The molecule has 1 aromatic heterocycles. The third-order valence-electron chi connectivity index (χ3n) is 5.58. The largest absolute Gasteiger partial charge is 0.467 e. The second-order valence-corrected chi connectivity index (χ2v) is 10.1. The Bertz CT molecular complexity index is 1600. The van der Waals surface area contributed by atoms with Crippen LogP contribution in [-0.2, 0) is 35.6 Å². The molecule has 40 heavy (non-hydrogen) atoms. The molecular weight excluding hydrogens is 564 g/mol. The van der Waals surface area contributed by atoms with Gasteiger partial charge in [-0.1, -0.05) is 24.3 Å². The fourth-order valence-electron chi connectivity index (χ4n) is 3.72. The monoisotopic (exact) mass is 583 g/mol. The van der Waals surface area contributed by atoms with Crippen LogP contribution in [0.2, 0.25) is 0 Å². The number of rotatable bonds is 8. The topological polar surface area (TPSA) is 76.8 Å². The molecular formula is C27H19F6NO5S. The Balaban J connectivity index is 1.60. The molecule has 4 rings (SSSR count). The quantitative estimate of drug-likeness (QED) is 0.166. The highest BCUT2D eigenvalue weighted by atomic mass is 32.2. The van der Waals surface area contributed by atoms with Gasteiger partial charge in [-0.15, -0.1) is 0 Å². The summed E-state index contributed by atoms with van der Waals surface area (Å²) >= 11 is 0. The smallest absolute Gasteiger partial charge is 0.416 e. The molecule has 0 atom stereocenters. The summed E-state index contributed by atoms with van der Waals surface area (Å²) in [4.78, 5) is 13.7. The molecule has 0 radical (unpaired) electrons. The summed E-state index contributed by atoms with van der Waals surface area (Å²) in [7, 11) is -4.66. The van der Waals surface area contributed by atoms with Gasteiger partial charge in [0.05, 0.1) is 23.9 Å².